The molecule has 0 heterocycles. The molecule has 21 nitrogen and oxygen atoms in total. The molecular formula is C27H47N9O12. The zero-order valence-electron chi connectivity index (χ0n) is 26.4. The van der Waals surface area contributed by atoms with Crippen molar-refractivity contribution in [3.8, 4) is 0 Å². The highest BCUT2D eigenvalue weighted by Gasteiger charge is 2.32. The largest absolute Gasteiger partial charge is 0.481 e. The van der Waals surface area contributed by atoms with Crippen LogP contribution >= 0.6 is 0 Å². The van der Waals surface area contributed by atoms with E-state index < -0.39 is 110 Å². The number of guanidine groups is 1. The summed E-state index contributed by atoms with van der Waals surface area (Å²) in [7, 11) is 0. The second-order valence-electron chi connectivity index (χ2n) is 10.7. The van der Waals surface area contributed by atoms with E-state index in [1.54, 1.807) is 0 Å². The molecule has 4 amide bonds. The molecule has 272 valence electrons. The molecule has 48 heavy (non-hydrogen) atoms. The zero-order valence-corrected chi connectivity index (χ0v) is 26.4. The number of rotatable bonds is 26. The van der Waals surface area contributed by atoms with Crippen molar-refractivity contribution < 1.29 is 58.8 Å². The van der Waals surface area contributed by atoms with Gasteiger partial charge in [0.2, 0.25) is 23.6 Å². The predicted molar refractivity (Wildman–Crippen MR) is 167 cm³/mol. The number of carbonyl (C=O) groups is 8. The summed E-state index contributed by atoms with van der Waals surface area (Å²) < 4.78 is 0. The van der Waals surface area contributed by atoms with E-state index in [1.165, 1.54) is 0 Å². The summed E-state index contributed by atoms with van der Waals surface area (Å²) in [6.45, 7) is 0.269. The maximum Gasteiger partial charge on any atom is 0.326 e. The number of amides is 4. The Hall–Kier alpha value is -5.05. The van der Waals surface area contributed by atoms with Crippen molar-refractivity contribution in [1.29, 1.82) is 0 Å². The predicted octanol–water partition coefficient (Wildman–Crippen LogP) is -3.89. The molecular weight excluding hydrogens is 642 g/mol. The number of hydrogen-bond acceptors (Lipinski definition) is 11. The Morgan fingerprint density at radius 2 is 0.938 bits per heavy atom. The maximum absolute atomic E-state index is 13.4. The van der Waals surface area contributed by atoms with Gasteiger partial charge in [-0.05, 0) is 57.9 Å². The normalized spacial score (nSPS) is 13.8. The van der Waals surface area contributed by atoms with Crippen LogP contribution in [0.4, 0.5) is 0 Å². The Kier molecular flexibility index (Phi) is 20.8. The van der Waals surface area contributed by atoms with Crippen molar-refractivity contribution in [1.82, 2.24) is 21.3 Å². The van der Waals surface area contributed by atoms with Crippen LogP contribution in [0.2, 0.25) is 0 Å². The van der Waals surface area contributed by atoms with E-state index in [9.17, 15) is 48.6 Å². The van der Waals surface area contributed by atoms with E-state index in [1.807, 2.05) is 0 Å². The first-order valence-electron chi connectivity index (χ1n) is 15.1. The Labute approximate surface area is 275 Å². The van der Waals surface area contributed by atoms with Crippen LogP contribution in [-0.2, 0) is 38.4 Å². The van der Waals surface area contributed by atoms with Gasteiger partial charge in [0.25, 0.3) is 0 Å². The highest BCUT2D eigenvalue weighted by atomic mass is 16.4. The Morgan fingerprint density at radius 3 is 1.38 bits per heavy atom. The quantitative estimate of drug-likeness (QED) is 0.0235. The second-order valence-corrected chi connectivity index (χ2v) is 10.7. The second kappa shape index (κ2) is 23.3. The minimum Gasteiger partial charge on any atom is -0.481 e. The minimum atomic E-state index is -1.60. The molecule has 0 aliphatic carbocycles. The number of nitrogens with one attached hydrogen (secondary N) is 4. The van der Waals surface area contributed by atoms with E-state index in [-0.39, 0.29) is 44.7 Å². The summed E-state index contributed by atoms with van der Waals surface area (Å²) in [6.07, 6.45) is -2.07. The summed E-state index contributed by atoms with van der Waals surface area (Å²) in [5, 5.41) is 45.7. The molecule has 0 saturated heterocycles. The van der Waals surface area contributed by atoms with Gasteiger partial charge in [0.15, 0.2) is 5.96 Å². The van der Waals surface area contributed by atoms with Crippen molar-refractivity contribution in [2.45, 2.75) is 101 Å². The van der Waals surface area contributed by atoms with Gasteiger partial charge in [-0.15, -0.1) is 0 Å². The fourth-order valence-corrected chi connectivity index (χ4v) is 4.10. The zero-order chi connectivity index (χ0) is 36.8. The first-order valence-corrected chi connectivity index (χ1v) is 15.1. The molecule has 0 aromatic rings. The third kappa shape index (κ3) is 19.5. The van der Waals surface area contributed by atoms with Crippen molar-refractivity contribution in [2.75, 3.05) is 13.1 Å². The molecule has 0 aliphatic rings. The van der Waals surface area contributed by atoms with Crippen molar-refractivity contribution >= 4 is 53.5 Å². The molecule has 0 unspecified atom stereocenters. The van der Waals surface area contributed by atoms with Crippen LogP contribution < -0.4 is 44.2 Å². The fraction of sp³-hybridized carbons (Fsp3) is 0.667. The number of nitrogens with two attached hydrogens (primary N) is 4. The number of hydrogen-bond donors (Lipinski definition) is 12. The smallest absolute Gasteiger partial charge is 0.326 e. The number of unbranched alkanes of at least 4 members (excludes halogenated alkanes) is 1. The lowest BCUT2D eigenvalue weighted by Crippen LogP contribution is -2.58. The first-order chi connectivity index (χ1) is 22.5. The van der Waals surface area contributed by atoms with Crippen LogP contribution in [-0.4, -0.2) is 117 Å². The lowest BCUT2D eigenvalue weighted by atomic mass is 10.0. The molecule has 0 fully saturated rings. The summed E-state index contributed by atoms with van der Waals surface area (Å²) >= 11 is 0. The maximum atomic E-state index is 13.4. The van der Waals surface area contributed by atoms with Gasteiger partial charge in [-0.2, -0.15) is 0 Å². The Balaban J connectivity index is 6.09. The summed E-state index contributed by atoms with van der Waals surface area (Å²) in [5.74, 6) is -9.39. The van der Waals surface area contributed by atoms with Gasteiger partial charge in [-0.3, -0.25) is 38.6 Å². The number of carboxylic acid groups (broad SMARTS) is 4. The molecule has 0 bridgehead atoms. The summed E-state index contributed by atoms with van der Waals surface area (Å²) in [5.41, 5.74) is 21.9. The molecule has 21 heteroatoms. The number of carboxylic acids is 4. The van der Waals surface area contributed by atoms with Gasteiger partial charge in [0.05, 0.1) is 6.04 Å². The molecule has 0 aromatic carbocycles. The van der Waals surface area contributed by atoms with E-state index >= 15 is 0 Å². The minimum absolute atomic E-state index is 0.0410. The van der Waals surface area contributed by atoms with Crippen molar-refractivity contribution in [3.05, 3.63) is 0 Å². The van der Waals surface area contributed by atoms with Crippen LogP contribution in [0.15, 0.2) is 4.99 Å². The van der Waals surface area contributed by atoms with Gasteiger partial charge >= 0.3 is 23.9 Å². The van der Waals surface area contributed by atoms with Crippen LogP contribution in [0, 0.1) is 0 Å². The molecule has 0 saturated carbocycles. The third-order valence-corrected chi connectivity index (χ3v) is 6.71. The number of aliphatic imine (C=N–C) groups is 1. The average molecular weight is 690 g/mol. The Bertz CT molecular complexity index is 1160. The molecule has 0 rings (SSSR count). The molecule has 0 aliphatic heterocycles. The lowest BCUT2D eigenvalue weighted by molar-refractivity contribution is -0.143. The number of carbonyl (C=O) groups excluding carboxylic acids is 4. The van der Waals surface area contributed by atoms with Gasteiger partial charge < -0.3 is 64.6 Å². The van der Waals surface area contributed by atoms with Crippen LogP contribution in [0.3, 0.4) is 0 Å². The molecule has 0 spiro atoms. The van der Waals surface area contributed by atoms with E-state index in [0.29, 0.717) is 12.8 Å². The highest BCUT2D eigenvalue weighted by molar-refractivity contribution is 5.95. The SMILES string of the molecule is NCCCC[C@H](NC(=O)[C@H](CCC(=O)O)NC(=O)[C@H](CCCN=C(N)N)NC(=O)[C@@H](N)CCC(=O)O)C(=O)N[C@@H](CCC(=O)O)C(=O)O. The van der Waals surface area contributed by atoms with Crippen molar-refractivity contribution in [2.24, 2.45) is 27.9 Å². The summed E-state index contributed by atoms with van der Waals surface area (Å²) in [6, 6.07) is -7.23. The standard InChI is InChI=1S/C27H47N9O12/c28-12-2-1-4-15(24(45)36-18(26(47)48)8-11-21(41)42)34-25(46)17(7-10-20(39)40)35-23(44)16(5-3-13-32-27(30)31)33-22(43)14(29)6-9-19(37)38/h14-18H,1-13,28-29H2,(H,33,43)(H,34,46)(H,35,44)(H,36,45)(H,37,38)(H,39,40)(H,41,42)(H,47,48)(H4,30,31,32)/t14-,15-,16-,17-,18-/m0/s1. The Morgan fingerprint density at radius 1 is 0.542 bits per heavy atom. The van der Waals surface area contributed by atoms with Crippen LogP contribution in [0.25, 0.3) is 0 Å². The molecule has 0 radical (unpaired) electrons. The van der Waals surface area contributed by atoms with E-state index in [4.69, 9.17) is 33.1 Å². The first kappa shape index (κ1) is 43.0. The third-order valence-electron chi connectivity index (χ3n) is 6.71. The average Bonchev–Trinajstić information content (AvgIpc) is 2.99. The van der Waals surface area contributed by atoms with Gasteiger partial charge in [0, 0.05) is 25.8 Å². The number of nitrogens with zero attached hydrogens (tertiary/aromatic N) is 1. The lowest BCUT2D eigenvalue weighted by Gasteiger charge is -2.26. The number of aliphatic carboxylic acids is 4. The van der Waals surface area contributed by atoms with Crippen molar-refractivity contribution in [3.63, 3.8) is 0 Å². The van der Waals surface area contributed by atoms with E-state index in [2.05, 4.69) is 26.3 Å². The van der Waals surface area contributed by atoms with E-state index in [0.717, 1.165) is 0 Å². The van der Waals surface area contributed by atoms with Gasteiger partial charge in [0.1, 0.15) is 24.2 Å². The molecule has 5 atom stereocenters. The fourth-order valence-electron chi connectivity index (χ4n) is 4.10. The topological polar surface area (TPSA) is 382 Å². The van der Waals surface area contributed by atoms with Crippen LogP contribution in [0.1, 0.15) is 70.6 Å². The van der Waals surface area contributed by atoms with Gasteiger partial charge in [-0.25, -0.2) is 4.79 Å². The van der Waals surface area contributed by atoms with Crippen LogP contribution in [0.5, 0.6) is 0 Å². The summed E-state index contributed by atoms with van der Waals surface area (Å²) in [4.78, 5) is 101. The monoisotopic (exact) mass is 689 g/mol. The van der Waals surface area contributed by atoms with Gasteiger partial charge in [-0.1, -0.05) is 0 Å². The molecule has 0 aromatic heterocycles. The highest BCUT2D eigenvalue weighted by Crippen LogP contribution is 2.08. The molecule has 16 N–H and O–H groups in total.